The van der Waals surface area contributed by atoms with Gasteiger partial charge in [0.1, 0.15) is 6.04 Å². The minimum Gasteiger partial charge on any atom is -0.480 e. The first-order chi connectivity index (χ1) is 6.11. The van der Waals surface area contributed by atoms with Crippen molar-refractivity contribution < 1.29 is 14.7 Å². The molecule has 1 aromatic heterocycles. The van der Waals surface area contributed by atoms with E-state index in [0.29, 0.717) is 5.56 Å². The molecule has 5 nitrogen and oxygen atoms in total. The van der Waals surface area contributed by atoms with Gasteiger partial charge in [0.05, 0.1) is 5.56 Å². The molecule has 0 aliphatic rings. The van der Waals surface area contributed by atoms with Crippen LogP contribution in [0.2, 0.25) is 0 Å². The van der Waals surface area contributed by atoms with Crippen molar-refractivity contribution in [2.45, 2.75) is 13.0 Å². The van der Waals surface area contributed by atoms with Gasteiger partial charge in [0.15, 0.2) is 0 Å². The second-order valence-corrected chi connectivity index (χ2v) is 2.63. The van der Waals surface area contributed by atoms with Crippen molar-refractivity contribution >= 4 is 11.9 Å². The number of aromatic nitrogens is 1. The number of nitrogens with one attached hydrogen (secondary N) is 2. The summed E-state index contributed by atoms with van der Waals surface area (Å²) < 4.78 is 0. The number of hydrogen-bond acceptors (Lipinski definition) is 2. The number of aromatic amines is 1. The van der Waals surface area contributed by atoms with Crippen molar-refractivity contribution in [3.05, 3.63) is 24.0 Å². The molecular formula is C8H10N2O3. The number of carbonyl (C=O) groups excluding carboxylic acids is 1. The fourth-order valence-electron chi connectivity index (χ4n) is 0.807. The molecule has 5 heteroatoms. The third-order valence-corrected chi connectivity index (χ3v) is 1.58. The number of H-pyrrole nitrogens is 1. The molecule has 0 aromatic carbocycles. The van der Waals surface area contributed by atoms with E-state index < -0.39 is 17.9 Å². The Morgan fingerprint density at radius 1 is 1.62 bits per heavy atom. The molecule has 0 unspecified atom stereocenters. The highest BCUT2D eigenvalue weighted by molar-refractivity contribution is 5.96. The first-order valence-electron chi connectivity index (χ1n) is 3.77. The smallest absolute Gasteiger partial charge is 0.325 e. The summed E-state index contributed by atoms with van der Waals surface area (Å²) in [7, 11) is 0. The zero-order valence-electron chi connectivity index (χ0n) is 7.07. The summed E-state index contributed by atoms with van der Waals surface area (Å²) in [5.74, 6) is -1.44. The van der Waals surface area contributed by atoms with Gasteiger partial charge in [0, 0.05) is 12.4 Å². The first kappa shape index (κ1) is 9.31. The van der Waals surface area contributed by atoms with Crippen LogP contribution in [0.3, 0.4) is 0 Å². The van der Waals surface area contributed by atoms with Crippen LogP contribution in [0.15, 0.2) is 18.5 Å². The number of hydrogen-bond donors (Lipinski definition) is 3. The molecule has 1 aromatic rings. The molecule has 0 bridgehead atoms. The van der Waals surface area contributed by atoms with E-state index in [-0.39, 0.29) is 0 Å². The third-order valence-electron chi connectivity index (χ3n) is 1.58. The lowest BCUT2D eigenvalue weighted by atomic mass is 10.3. The standard InChI is InChI=1S/C8H10N2O3/c1-5(8(12)13)10-7(11)6-2-3-9-4-6/h2-5,9H,1H3,(H,10,11)(H,12,13)/t5-/m0/s1. The average Bonchev–Trinajstić information content (AvgIpc) is 2.55. The lowest BCUT2D eigenvalue weighted by molar-refractivity contribution is -0.138. The Morgan fingerprint density at radius 2 is 2.31 bits per heavy atom. The molecule has 1 atom stereocenters. The maximum absolute atomic E-state index is 11.2. The fraction of sp³-hybridized carbons (Fsp3) is 0.250. The van der Waals surface area contributed by atoms with Crippen LogP contribution >= 0.6 is 0 Å². The fourth-order valence-corrected chi connectivity index (χ4v) is 0.807. The van der Waals surface area contributed by atoms with Crippen molar-refractivity contribution in [2.24, 2.45) is 0 Å². The molecular weight excluding hydrogens is 172 g/mol. The number of carboxylic acid groups (broad SMARTS) is 1. The van der Waals surface area contributed by atoms with Gasteiger partial charge in [0.2, 0.25) is 0 Å². The number of rotatable bonds is 3. The second kappa shape index (κ2) is 3.75. The van der Waals surface area contributed by atoms with Gasteiger partial charge in [-0.05, 0) is 13.0 Å². The predicted octanol–water partition coefficient (Wildman–Crippen LogP) is 0.218. The maximum atomic E-state index is 11.2. The van der Waals surface area contributed by atoms with Crippen LogP contribution in [0.5, 0.6) is 0 Å². The molecule has 70 valence electrons. The minimum atomic E-state index is -1.05. The van der Waals surface area contributed by atoms with Gasteiger partial charge in [0.25, 0.3) is 5.91 Å². The molecule has 0 fully saturated rings. The SMILES string of the molecule is C[C@H](NC(=O)c1cc[nH]c1)C(=O)O. The van der Waals surface area contributed by atoms with Crippen molar-refractivity contribution in [1.29, 1.82) is 0 Å². The van der Waals surface area contributed by atoms with E-state index in [4.69, 9.17) is 5.11 Å². The van der Waals surface area contributed by atoms with Gasteiger partial charge in [-0.3, -0.25) is 9.59 Å². The number of amides is 1. The molecule has 0 aliphatic carbocycles. The summed E-state index contributed by atoms with van der Waals surface area (Å²) in [5.41, 5.74) is 0.424. The molecule has 0 spiro atoms. The highest BCUT2D eigenvalue weighted by Crippen LogP contribution is 1.96. The quantitative estimate of drug-likeness (QED) is 0.625. The van der Waals surface area contributed by atoms with Gasteiger partial charge >= 0.3 is 5.97 Å². The van der Waals surface area contributed by atoms with E-state index in [9.17, 15) is 9.59 Å². The van der Waals surface area contributed by atoms with Crippen LogP contribution in [0.1, 0.15) is 17.3 Å². The highest BCUT2D eigenvalue weighted by atomic mass is 16.4. The Hall–Kier alpha value is -1.78. The Kier molecular flexibility index (Phi) is 2.69. The van der Waals surface area contributed by atoms with Crippen LogP contribution in [0.25, 0.3) is 0 Å². The van der Waals surface area contributed by atoms with Crippen LogP contribution in [-0.4, -0.2) is 28.0 Å². The van der Waals surface area contributed by atoms with Crippen LogP contribution in [0.4, 0.5) is 0 Å². The Bertz CT molecular complexity index is 305. The van der Waals surface area contributed by atoms with Crippen molar-refractivity contribution in [3.63, 3.8) is 0 Å². The Labute approximate surface area is 74.8 Å². The summed E-state index contributed by atoms with van der Waals surface area (Å²) in [5, 5.41) is 10.8. The van der Waals surface area contributed by atoms with E-state index in [2.05, 4.69) is 10.3 Å². The van der Waals surface area contributed by atoms with Crippen LogP contribution in [0, 0.1) is 0 Å². The van der Waals surface area contributed by atoms with Crippen LogP contribution in [-0.2, 0) is 4.79 Å². The lowest BCUT2D eigenvalue weighted by Gasteiger charge is -2.07. The van der Waals surface area contributed by atoms with Crippen molar-refractivity contribution in [1.82, 2.24) is 10.3 Å². The third kappa shape index (κ3) is 2.33. The zero-order valence-corrected chi connectivity index (χ0v) is 7.07. The van der Waals surface area contributed by atoms with E-state index in [1.54, 1.807) is 12.3 Å². The Balaban J connectivity index is 2.56. The first-order valence-corrected chi connectivity index (χ1v) is 3.77. The van der Waals surface area contributed by atoms with E-state index in [1.165, 1.54) is 13.1 Å². The molecule has 0 saturated heterocycles. The normalized spacial score (nSPS) is 12.1. The largest absolute Gasteiger partial charge is 0.480 e. The zero-order chi connectivity index (χ0) is 9.84. The molecule has 1 amide bonds. The van der Waals surface area contributed by atoms with Gasteiger partial charge in [-0.15, -0.1) is 0 Å². The van der Waals surface area contributed by atoms with E-state index in [0.717, 1.165) is 0 Å². The van der Waals surface area contributed by atoms with Gasteiger partial charge < -0.3 is 15.4 Å². The Morgan fingerprint density at radius 3 is 2.77 bits per heavy atom. The summed E-state index contributed by atoms with van der Waals surface area (Å²) in [6, 6.07) is 0.701. The van der Waals surface area contributed by atoms with Gasteiger partial charge in [-0.25, -0.2) is 0 Å². The lowest BCUT2D eigenvalue weighted by Crippen LogP contribution is -2.38. The van der Waals surface area contributed by atoms with Gasteiger partial charge in [-0.2, -0.15) is 0 Å². The monoisotopic (exact) mass is 182 g/mol. The van der Waals surface area contributed by atoms with E-state index in [1.807, 2.05) is 0 Å². The molecule has 3 N–H and O–H groups in total. The maximum Gasteiger partial charge on any atom is 0.325 e. The van der Waals surface area contributed by atoms with E-state index >= 15 is 0 Å². The molecule has 13 heavy (non-hydrogen) atoms. The highest BCUT2D eigenvalue weighted by Gasteiger charge is 2.14. The molecule has 1 heterocycles. The van der Waals surface area contributed by atoms with Crippen molar-refractivity contribution in [2.75, 3.05) is 0 Å². The molecule has 0 aliphatic heterocycles. The predicted molar refractivity (Wildman–Crippen MR) is 45.4 cm³/mol. The summed E-state index contributed by atoms with van der Waals surface area (Å²) in [4.78, 5) is 24.3. The minimum absolute atomic E-state index is 0.392. The summed E-state index contributed by atoms with van der Waals surface area (Å²) in [6.45, 7) is 1.41. The average molecular weight is 182 g/mol. The van der Waals surface area contributed by atoms with Crippen LogP contribution < -0.4 is 5.32 Å². The van der Waals surface area contributed by atoms with Gasteiger partial charge in [-0.1, -0.05) is 0 Å². The number of carbonyl (C=O) groups is 2. The topological polar surface area (TPSA) is 82.2 Å². The summed E-state index contributed by atoms with van der Waals surface area (Å²) in [6.07, 6.45) is 3.10. The summed E-state index contributed by atoms with van der Waals surface area (Å²) >= 11 is 0. The number of carboxylic acids is 1. The number of aliphatic carboxylic acids is 1. The molecule has 0 saturated carbocycles. The van der Waals surface area contributed by atoms with Crippen molar-refractivity contribution in [3.8, 4) is 0 Å². The second-order valence-electron chi connectivity index (χ2n) is 2.63. The molecule has 0 radical (unpaired) electrons. The molecule has 1 rings (SSSR count).